The lowest BCUT2D eigenvalue weighted by Crippen LogP contribution is -2.49. The first-order valence-corrected chi connectivity index (χ1v) is 11.9. The third-order valence-corrected chi connectivity index (χ3v) is 8.00. The van der Waals surface area contributed by atoms with Crippen LogP contribution in [0.2, 0.25) is 0 Å². The number of piperazine rings is 1. The zero-order chi connectivity index (χ0) is 21.3. The van der Waals surface area contributed by atoms with Gasteiger partial charge in [-0.2, -0.15) is 9.40 Å². The van der Waals surface area contributed by atoms with E-state index in [0.29, 0.717) is 24.5 Å². The fourth-order valence-electron chi connectivity index (χ4n) is 3.98. The molecule has 0 N–H and O–H groups in total. The van der Waals surface area contributed by atoms with Gasteiger partial charge in [0, 0.05) is 45.2 Å². The molecule has 2 aromatic rings. The van der Waals surface area contributed by atoms with Crippen molar-refractivity contribution in [2.75, 3.05) is 26.2 Å². The highest BCUT2D eigenvalue weighted by atomic mass is 32.2. The molecule has 1 aromatic heterocycles. The number of nitro groups is 1. The van der Waals surface area contributed by atoms with Crippen LogP contribution >= 0.6 is 12.2 Å². The van der Waals surface area contributed by atoms with Crippen LogP contribution in [0.3, 0.4) is 0 Å². The number of aromatic nitrogens is 3. The molecule has 0 atom stereocenters. The first-order valence-electron chi connectivity index (χ1n) is 10.0. The average Bonchev–Trinajstić information content (AvgIpc) is 2.90. The van der Waals surface area contributed by atoms with Crippen molar-refractivity contribution >= 4 is 27.9 Å². The Bertz CT molecular complexity index is 1100. The van der Waals surface area contributed by atoms with Crippen molar-refractivity contribution < 1.29 is 13.3 Å². The topological polar surface area (TPSA) is 107 Å². The standard InChI is InChI=1S/C18H24N6O4S2/c25-24(26)15-6-3-4-7-16(15)30(27,28)21-12-10-20(11-13-21)14-23-18(29)22-9-5-1-2-8-17(22)19-23/h3-4,6-7H,1-2,5,8-14H2. The molecular formula is C18H24N6O4S2. The molecule has 12 heteroatoms. The lowest BCUT2D eigenvalue weighted by Gasteiger charge is -2.33. The molecule has 4 rings (SSSR count). The molecule has 162 valence electrons. The summed E-state index contributed by atoms with van der Waals surface area (Å²) in [6.45, 7) is 2.94. The number of benzene rings is 1. The van der Waals surface area contributed by atoms with Gasteiger partial charge in [-0.3, -0.25) is 15.0 Å². The number of hydrogen-bond acceptors (Lipinski definition) is 7. The maximum Gasteiger partial charge on any atom is 0.289 e. The smallest absolute Gasteiger partial charge is 0.289 e. The molecular weight excluding hydrogens is 428 g/mol. The fourth-order valence-corrected chi connectivity index (χ4v) is 5.86. The Kier molecular flexibility index (Phi) is 6.00. The molecule has 10 nitrogen and oxygen atoms in total. The van der Waals surface area contributed by atoms with Crippen LogP contribution in [0.25, 0.3) is 0 Å². The van der Waals surface area contributed by atoms with E-state index in [-0.39, 0.29) is 18.0 Å². The van der Waals surface area contributed by atoms with Crippen molar-refractivity contribution in [3.63, 3.8) is 0 Å². The molecule has 0 bridgehead atoms. The first-order chi connectivity index (χ1) is 14.4. The summed E-state index contributed by atoms with van der Waals surface area (Å²) in [4.78, 5) is 12.4. The van der Waals surface area contributed by atoms with E-state index in [0.717, 1.165) is 31.6 Å². The van der Waals surface area contributed by atoms with Crippen molar-refractivity contribution in [2.45, 2.75) is 43.8 Å². The quantitative estimate of drug-likeness (QED) is 0.388. The van der Waals surface area contributed by atoms with Gasteiger partial charge in [0.2, 0.25) is 10.0 Å². The summed E-state index contributed by atoms with van der Waals surface area (Å²) in [5.74, 6) is 1.02. The van der Waals surface area contributed by atoms with Crippen molar-refractivity contribution in [1.29, 1.82) is 0 Å². The van der Waals surface area contributed by atoms with Crippen LogP contribution in [0.1, 0.15) is 25.1 Å². The van der Waals surface area contributed by atoms with Crippen molar-refractivity contribution in [3.05, 3.63) is 45.0 Å². The van der Waals surface area contributed by atoms with Gasteiger partial charge in [0.15, 0.2) is 9.67 Å². The zero-order valence-corrected chi connectivity index (χ0v) is 18.1. The van der Waals surface area contributed by atoms with Gasteiger partial charge in [0.1, 0.15) is 5.82 Å². The molecule has 2 aliphatic rings. The monoisotopic (exact) mass is 452 g/mol. The summed E-state index contributed by atoms with van der Waals surface area (Å²) in [5.41, 5.74) is -0.397. The Balaban J connectivity index is 1.45. The van der Waals surface area contributed by atoms with Crippen LogP contribution < -0.4 is 0 Å². The second kappa shape index (κ2) is 8.53. The Hall–Kier alpha value is -2.15. The summed E-state index contributed by atoms with van der Waals surface area (Å²) in [6, 6.07) is 5.47. The van der Waals surface area contributed by atoms with Gasteiger partial charge in [0.05, 0.1) is 11.6 Å². The molecule has 0 saturated carbocycles. The highest BCUT2D eigenvalue weighted by Gasteiger charge is 2.33. The minimum atomic E-state index is -3.93. The summed E-state index contributed by atoms with van der Waals surface area (Å²) in [5, 5.41) is 15.9. The van der Waals surface area contributed by atoms with E-state index in [2.05, 4.69) is 14.6 Å². The number of aryl methyl sites for hydroxylation is 1. The van der Waals surface area contributed by atoms with Gasteiger partial charge in [-0.25, -0.2) is 13.1 Å². The number of rotatable bonds is 5. The number of sulfonamides is 1. The van der Waals surface area contributed by atoms with Gasteiger partial charge in [-0.1, -0.05) is 18.6 Å². The molecule has 0 radical (unpaired) electrons. The van der Waals surface area contributed by atoms with Gasteiger partial charge in [0.25, 0.3) is 5.69 Å². The van der Waals surface area contributed by atoms with Crippen LogP contribution in [0.4, 0.5) is 5.69 Å². The number of nitro benzene ring substituents is 1. The lowest BCUT2D eigenvalue weighted by atomic mass is 10.2. The molecule has 0 aliphatic carbocycles. The Morgan fingerprint density at radius 2 is 1.80 bits per heavy atom. The summed E-state index contributed by atoms with van der Waals surface area (Å²) in [7, 11) is -3.93. The first kappa shape index (κ1) is 21.1. The Morgan fingerprint density at radius 1 is 1.07 bits per heavy atom. The molecule has 0 amide bonds. The van der Waals surface area contributed by atoms with Crippen LogP contribution in [0, 0.1) is 14.9 Å². The molecule has 0 unspecified atom stereocenters. The third kappa shape index (κ3) is 4.04. The number of nitrogens with zero attached hydrogens (tertiary/aromatic N) is 6. The predicted octanol–water partition coefficient (Wildman–Crippen LogP) is 2.01. The number of para-hydroxylation sites is 1. The van der Waals surface area contributed by atoms with E-state index in [4.69, 9.17) is 12.2 Å². The minimum absolute atomic E-state index is 0.259. The van der Waals surface area contributed by atoms with E-state index >= 15 is 0 Å². The molecule has 0 spiro atoms. The van der Waals surface area contributed by atoms with Crippen molar-refractivity contribution in [2.24, 2.45) is 0 Å². The normalized spacial score (nSPS) is 18.7. The molecule has 1 aromatic carbocycles. The number of hydrogen-bond donors (Lipinski definition) is 0. The minimum Gasteiger partial charge on any atom is -0.304 e. The van der Waals surface area contributed by atoms with Crippen LogP contribution in [-0.2, 0) is 29.7 Å². The molecule has 2 aliphatic heterocycles. The van der Waals surface area contributed by atoms with Crippen LogP contribution in [0.5, 0.6) is 0 Å². The molecule has 3 heterocycles. The van der Waals surface area contributed by atoms with Crippen molar-refractivity contribution in [3.8, 4) is 0 Å². The van der Waals surface area contributed by atoms with Gasteiger partial charge in [-0.05, 0) is 31.1 Å². The van der Waals surface area contributed by atoms with Gasteiger partial charge >= 0.3 is 0 Å². The van der Waals surface area contributed by atoms with Crippen molar-refractivity contribution in [1.82, 2.24) is 23.6 Å². The lowest BCUT2D eigenvalue weighted by molar-refractivity contribution is -0.387. The third-order valence-electron chi connectivity index (χ3n) is 5.63. The zero-order valence-electron chi connectivity index (χ0n) is 16.5. The highest BCUT2D eigenvalue weighted by Crippen LogP contribution is 2.27. The molecule has 1 fully saturated rings. The number of fused-ring (bicyclic) bond motifs is 1. The Labute approximate surface area is 179 Å². The maximum absolute atomic E-state index is 13.0. The van der Waals surface area contributed by atoms with E-state index in [9.17, 15) is 18.5 Å². The van der Waals surface area contributed by atoms with Crippen LogP contribution in [0.15, 0.2) is 29.2 Å². The highest BCUT2D eigenvalue weighted by molar-refractivity contribution is 7.89. The second-order valence-corrected chi connectivity index (χ2v) is 9.82. The van der Waals surface area contributed by atoms with Gasteiger partial charge in [-0.15, -0.1) is 0 Å². The molecule has 30 heavy (non-hydrogen) atoms. The summed E-state index contributed by atoms with van der Waals surface area (Å²) in [6.07, 6.45) is 4.34. The maximum atomic E-state index is 13.0. The molecule has 1 saturated heterocycles. The fraction of sp³-hybridized carbons (Fsp3) is 0.556. The van der Waals surface area contributed by atoms with E-state index in [1.165, 1.54) is 35.0 Å². The summed E-state index contributed by atoms with van der Waals surface area (Å²) < 4.78 is 31.9. The Morgan fingerprint density at radius 3 is 2.53 bits per heavy atom. The van der Waals surface area contributed by atoms with E-state index in [1.807, 2.05) is 4.68 Å². The average molecular weight is 453 g/mol. The predicted molar refractivity (Wildman–Crippen MR) is 112 cm³/mol. The van der Waals surface area contributed by atoms with E-state index < -0.39 is 20.6 Å². The SMILES string of the molecule is O=[N+]([O-])c1ccccc1S(=O)(=O)N1CCN(Cn2nc3n(c2=S)CCCCC3)CC1. The van der Waals surface area contributed by atoms with Gasteiger partial charge < -0.3 is 4.57 Å². The van der Waals surface area contributed by atoms with E-state index in [1.54, 1.807) is 0 Å². The van der Waals surface area contributed by atoms with Crippen LogP contribution in [-0.4, -0.2) is 63.1 Å². The largest absolute Gasteiger partial charge is 0.304 e. The second-order valence-electron chi connectivity index (χ2n) is 7.55. The summed E-state index contributed by atoms with van der Waals surface area (Å²) >= 11 is 5.59.